The number of ether oxygens (including phenoxy) is 1. The number of nitrogens with one attached hydrogen (secondary N) is 1. The van der Waals surface area contributed by atoms with E-state index in [4.69, 9.17) is 10.5 Å². The monoisotopic (exact) mass is 248 g/mol. The summed E-state index contributed by atoms with van der Waals surface area (Å²) in [5.41, 5.74) is 6.75. The van der Waals surface area contributed by atoms with Crippen molar-refractivity contribution in [1.29, 1.82) is 0 Å². The second-order valence-corrected chi connectivity index (χ2v) is 5.00. The van der Waals surface area contributed by atoms with Gasteiger partial charge in [0.2, 0.25) is 0 Å². The van der Waals surface area contributed by atoms with Crippen LogP contribution in [0.4, 0.5) is 0 Å². The van der Waals surface area contributed by atoms with E-state index in [1.54, 1.807) is 0 Å². The van der Waals surface area contributed by atoms with E-state index < -0.39 is 0 Å². The van der Waals surface area contributed by atoms with Gasteiger partial charge in [-0.1, -0.05) is 25.0 Å². The molecule has 0 bridgehead atoms. The molecule has 1 aliphatic rings. The van der Waals surface area contributed by atoms with Gasteiger partial charge in [-0.3, -0.25) is 0 Å². The molecule has 0 aromatic heterocycles. The maximum atomic E-state index is 5.65. The van der Waals surface area contributed by atoms with E-state index in [1.165, 1.54) is 31.2 Å². The van der Waals surface area contributed by atoms with Crippen LogP contribution in [0, 0.1) is 0 Å². The first kappa shape index (κ1) is 13.4. The van der Waals surface area contributed by atoms with Crippen LogP contribution in [0.25, 0.3) is 0 Å². The van der Waals surface area contributed by atoms with E-state index in [9.17, 15) is 0 Å². The molecule has 18 heavy (non-hydrogen) atoms. The average Bonchev–Trinajstić information content (AvgIpc) is 2.90. The predicted molar refractivity (Wildman–Crippen MR) is 74.7 cm³/mol. The maximum absolute atomic E-state index is 5.65. The molecule has 0 spiro atoms. The summed E-state index contributed by atoms with van der Waals surface area (Å²) in [6, 6.07) is 9.06. The van der Waals surface area contributed by atoms with Crippen LogP contribution in [0.2, 0.25) is 0 Å². The summed E-state index contributed by atoms with van der Waals surface area (Å²) in [6.07, 6.45) is 6.31. The van der Waals surface area contributed by atoms with Gasteiger partial charge >= 0.3 is 0 Å². The van der Waals surface area contributed by atoms with Gasteiger partial charge in [0.05, 0.1) is 6.61 Å². The number of nitrogens with two attached hydrogens (primary N) is 1. The van der Waals surface area contributed by atoms with Crippen molar-refractivity contribution >= 4 is 0 Å². The van der Waals surface area contributed by atoms with Crippen LogP contribution in [0.15, 0.2) is 24.3 Å². The Hall–Kier alpha value is -1.06. The summed E-state index contributed by atoms with van der Waals surface area (Å²) in [6.45, 7) is 2.33. The van der Waals surface area contributed by atoms with Crippen molar-refractivity contribution in [3.63, 3.8) is 0 Å². The fourth-order valence-corrected chi connectivity index (χ4v) is 2.41. The smallest absolute Gasteiger partial charge is 0.119 e. The normalized spacial score (nSPS) is 16.1. The van der Waals surface area contributed by atoms with Crippen molar-refractivity contribution in [3.8, 4) is 5.75 Å². The molecule has 100 valence electrons. The first-order valence-corrected chi connectivity index (χ1v) is 7.03. The largest absolute Gasteiger partial charge is 0.494 e. The third-order valence-electron chi connectivity index (χ3n) is 3.47. The van der Waals surface area contributed by atoms with Gasteiger partial charge in [0, 0.05) is 12.6 Å². The Balaban J connectivity index is 1.78. The molecule has 1 aliphatic carbocycles. The van der Waals surface area contributed by atoms with Gasteiger partial charge in [0.1, 0.15) is 5.75 Å². The summed E-state index contributed by atoms with van der Waals surface area (Å²) < 4.78 is 5.65. The van der Waals surface area contributed by atoms with E-state index in [-0.39, 0.29) is 0 Å². The Kier molecular flexibility index (Phi) is 5.49. The summed E-state index contributed by atoms with van der Waals surface area (Å²) in [7, 11) is 0. The lowest BCUT2D eigenvalue weighted by molar-refractivity contribution is 0.313. The summed E-state index contributed by atoms with van der Waals surface area (Å²) in [4.78, 5) is 0. The van der Waals surface area contributed by atoms with Crippen LogP contribution >= 0.6 is 0 Å². The Labute approximate surface area is 110 Å². The van der Waals surface area contributed by atoms with E-state index >= 15 is 0 Å². The van der Waals surface area contributed by atoms with E-state index in [2.05, 4.69) is 23.5 Å². The molecule has 1 aromatic carbocycles. The van der Waals surface area contributed by atoms with Crippen molar-refractivity contribution in [2.45, 2.75) is 44.7 Å². The van der Waals surface area contributed by atoms with Crippen LogP contribution < -0.4 is 15.8 Å². The molecule has 2 rings (SSSR count). The topological polar surface area (TPSA) is 47.3 Å². The molecule has 1 aromatic rings. The summed E-state index contributed by atoms with van der Waals surface area (Å²) in [5, 5.41) is 3.62. The summed E-state index contributed by atoms with van der Waals surface area (Å²) in [5.74, 6) is 0.953. The van der Waals surface area contributed by atoms with Gasteiger partial charge < -0.3 is 15.8 Å². The number of hydrogen-bond donors (Lipinski definition) is 2. The molecular weight excluding hydrogens is 224 g/mol. The predicted octanol–water partition coefficient (Wildman–Crippen LogP) is 2.45. The number of rotatable bonds is 7. The van der Waals surface area contributed by atoms with Crippen molar-refractivity contribution in [1.82, 2.24) is 5.32 Å². The highest BCUT2D eigenvalue weighted by Gasteiger charge is 2.13. The minimum Gasteiger partial charge on any atom is -0.494 e. The average molecular weight is 248 g/mol. The third-order valence-corrected chi connectivity index (χ3v) is 3.47. The molecule has 1 saturated carbocycles. The quantitative estimate of drug-likeness (QED) is 0.729. The zero-order valence-corrected chi connectivity index (χ0v) is 11.0. The first-order valence-electron chi connectivity index (χ1n) is 7.03. The van der Waals surface area contributed by atoms with Crippen LogP contribution in [0.3, 0.4) is 0 Å². The zero-order valence-electron chi connectivity index (χ0n) is 11.0. The molecule has 0 amide bonds. The molecule has 0 radical (unpaired) electrons. The molecule has 0 heterocycles. The van der Waals surface area contributed by atoms with E-state index in [0.29, 0.717) is 19.2 Å². The highest BCUT2D eigenvalue weighted by atomic mass is 16.5. The molecule has 1 fully saturated rings. The number of benzene rings is 1. The number of hydrogen-bond acceptors (Lipinski definition) is 3. The highest BCUT2D eigenvalue weighted by Crippen LogP contribution is 2.19. The first-order chi connectivity index (χ1) is 8.88. The second-order valence-electron chi connectivity index (χ2n) is 5.00. The van der Waals surface area contributed by atoms with Crippen LogP contribution in [0.1, 0.15) is 37.7 Å². The molecule has 0 aliphatic heterocycles. The third kappa shape index (κ3) is 4.31. The van der Waals surface area contributed by atoms with Crippen molar-refractivity contribution < 1.29 is 4.74 Å². The standard InChI is InChI=1S/C15H24N2O/c16-9-4-10-18-15-8-3-5-13(11-15)12-17-14-6-1-2-7-14/h3,5,8,11,14,17H,1-2,4,6-7,9-10,12,16H2. The molecule has 0 saturated heterocycles. The Morgan fingerprint density at radius 3 is 2.89 bits per heavy atom. The van der Waals surface area contributed by atoms with Crippen molar-refractivity contribution in [2.24, 2.45) is 5.73 Å². The minimum absolute atomic E-state index is 0.683. The van der Waals surface area contributed by atoms with Gasteiger partial charge in [-0.15, -0.1) is 0 Å². The summed E-state index contributed by atoms with van der Waals surface area (Å²) >= 11 is 0. The van der Waals surface area contributed by atoms with Crippen LogP contribution in [-0.4, -0.2) is 19.2 Å². The highest BCUT2D eigenvalue weighted by molar-refractivity contribution is 5.28. The van der Waals surface area contributed by atoms with Gasteiger partial charge in [-0.05, 0) is 43.5 Å². The second kappa shape index (κ2) is 7.39. The van der Waals surface area contributed by atoms with Crippen LogP contribution in [-0.2, 0) is 6.54 Å². The van der Waals surface area contributed by atoms with E-state index in [0.717, 1.165) is 18.7 Å². The Morgan fingerprint density at radius 1 is 1.28 bits per heavy atom. The lowest BCUT2D eigenvalue weighted by atomic mass is 10.2. The minimum atomic E-state index is 0.683. The van der Waals surface area contributed by atoms with Crippen molar-refractivity contribution in [3.05, 3.63) is 29.8 Å². The lowest BCUT2D eigenvalue weighted by Crippen LogP contribution is -2.25. The lowest BCUT2D eigenvalue weighted by Gasteiger charge is -2.12. The Bertz CT molecular complexity index is 348. The van der Waals surface area contributed by atoms with Gasteiger partial charge in [-0.25, -0.2) is 0 Å². The SMILES string of the molecule is NCCCOc1cccc(CNC2CCCC2)c1. The molecule has 0 atom stereocenters. The van der Waals surface area contributed by atoms with Crippen molar-refractivity contribution in [2.75, 3.05) is 13.2 Å². The fraction of sp³-hybridized carbons (Fsp3) is 0.600. The molecule has 0 unspecified atom stereocenters. The fourth-order valence-electron chi connectivity index (χ4n) is 2.41. The molecule has 3 nitrogen and oxygen atoms in total. The van der Waals surface area contributed by atoms with Gasteiger partial charge in [0.15, 0.2) is 0 Å². The molecular formula is C15H24N2O. The molecule has 3 N–H and O–H groups in total. The molecule has 3 heteroatoms. The zero-order chi connectivity index (χ0) is 12.6. The Morgan fingerprint density at radius 2 is 2.11 bits per heavy atom. The van der Waals surface area contributed by atoms with Gasteiger partial charge in [0.25, 0.3) is 0 Å². The van der Waals surface area contributed by atoms with E-state index in [1.807, 2.05) is 6.07 Å². The van der Waals surface area contributed by atoms with Gasteiger partial charge in [-0.2, -0.15) is 0 Å². The maximum Gasteiger partial charge on any atom is 0.119 e. The van der Waals surface area contributed by atoms with Crippen LogP contribution in [0.5, 0.6) is 5.75 Å².